The summed E-state index contributed by atoms with van der Waals surface area (Å²) >= 11 is 5.19. The molecule has 0 aliphatic rings. The van der Waals surface area contributed by atoms with E-state index in [0.717, 1.165) is 28.8 Å². The van der Waals surface area contributed by atoms with Crippen molar-refractivity contribution in [1.29, 1.82) is 0 Å². The predicted octanol–water partition coefficient (Wildman–Crippen LogP) is 5.18. The fourth-order valence-corrected chi connectivity index (χ4v) is 3.09. The Morgan fingerprint density at radius 2 is 2.00 bits per heavy atom. The summed E-state index contributed by atoms with van der Waals surface area (Å²) in [6, 6.07) is 17.0. The summed E-state index contributed by atoms with van der Waals surface area (Å²) in [5.41, 5.74) is 4.42. The number of aryl methyl sites for hydroxylation is 1. The van der Waals surface area contributed by atoms with Crippen molar-refractivity contribution in [3.8, 4) is 11.5 Å². The number of thiocarbonyl (C=S) groups is 1. The van der Waals surface area contributed by atoms with E-state index in [4.69, 9.17) is 21.1 Å². The van der Waals surface area contributed by atoms with E-state index in [-0.39, 0.29) is 11.0 Å². The van der Waals surface area contributed by atoms with E-state index in [9.17, 15) is 4.79 Å². The second-order valence-electron chi connectivity index (χ2n) is 6.54. The van der Waals surface area contributed by atoms with Crippen LogP contribution in [0.1, 0.15) is 18.2 Å². The van der Waals surface area contributed by atoms with Crippen LogP contribution < -0.4 is 10.6 Å². The molecule has 0 radical (unpaired) electrons. The van der Waals surface area contributed by atoms with Gasteiger partial charge in [0.15, 0.2) is 10.7 Å². The minimum absolute atomic E-state index is 0.200. The Bertz CT molecular complexity index is 1210. The highest BCUT2D eigenvalue weighted by Gasteiger charge is 2.09. The third kappa shape index (κ3) is 4.64. The van der Waals surface area contributed by atoms with Gasteiger partial charge in [-0.1, -0.05) is 13.0 Å². The lowest BCUT2D eigenvalue weighted by atomic mass is 10.1. The zero-order valence-electron chi connectivity index (χ0n) is 16.2. The van der Waals surface area contributed by atoms with Crippen molar-refractivity contribution in [2.45, 2.75) is 13.3 Å². The number of carbonyl (C=O) groups is 1. The first-order valence-corrected chi connectivity index (χ1v) is 9.85. The molecule has 0 spiro atoms. The van der Waals surface area contributed by atoms with Crippen molar-refractivity contribution in [1.82, 2.24) is 10.3 Å². The van der Waals surface area contributed by atoms with Gasteiger partial charge in [0.25, 0.3) is 0 Å². The minimum atomic E-state index is -0.349. The smallest absolute Gasteiger partial charge is 0.250 e. The number of fused-ring (bicyclic) bond motifs is 1. The fraction of sp³-hybridized carbons (Fsp3) is 0.0870. The maximum atomic E-state index is 11.9. The molecule has 2 heterocycles. The van der Waals surface area contributed by atoms with Gasteiger partial charge in [-0.25, -0.2) is 4.98 Å². The number of anilines is 1. The van der Waals surface area contributed by atoms with Crippen LogP contribution in [0, 0.1) is 0 Å². The number of aromatic nitrogens is 1. The molecule has 0 aliphatic carbocycles. The molecule has 0 atom stereocenters. The Balaban J connectivity index is 1.38. The van der Waals surface area contributed by atoms with Crippen molar-refractivity contribution in [3.63, 3.8) is 0 Å². The number of amides is 1. The number of hydrogen-bond acceptors (Lipinski definition) is 5. The third-order valence-electron chi connectivity index (χ3n) is 4.43. The number of nitrogens with zero attached hydrogens (tertiary/aromatic N) is 1. The second kappa shape index (κ2) is 8.75. The number of oxazole rings is 1. The molecular weight excluding hydrogens is 398 g/mol. The molecule has 4 rings (SSSR count). The molecule has 2 N–H and O–H groups in total. The first-order valence-electron chi connectivity index (χ1n) is 9.44. The van der Waals surface area contributed by atoms with Crippen molar-refractivity contribution < 1.29 is 13.6 Å². The Labute approximate surface area is 178 Å². The highest BCUT2D eigenvalue weighted by atomic mass is 32.1. The standard InChI is InChI=1S/C23H19N3O3S/c1-2-15-5-11-20-19(14-15)25-22(29-20)16-6-8-17(9-7-16)24-23(30)26-21(27)12-10-18-4-3-13-28-18/h3-14H,2H2,1H3,(H2,24,26,27,30). The normalized spacial score (nSPS) is 11.1. The number of hydrogen-bond donors (Lipinski definition) is 2. The highest BCUT2D eigenvalue weighted by molar-refractivity contribution is 7.80. The monoisotopic (exact) mass is 417 g/mol. The molecule has 2 aromatic carbocycles. The summed E-state index contributed by atoms with van der Waals surface area (Å²) in [5, 5.41) is 5.77. The molecule has 0 saturated carbocycles. The molecule has 0 bridgehead atoms. The predicted molar refractivity (Wildman–Crippen MR) is 121 cm³/mol. The van der Waals surface area contributed by atoms with Gasteiger partial charge in [-0.05, 0) is 78.8 Å². The molecule has 0 fully saturated rings. The fourth-order valence-electron chi connectivity index (χ4n) is 2.87. The van der Waals surface area contributed by atoms with Crippen molar-refractivity contribution in [2.24, 2.45) is 0 Å². The number of nitrogens with one attached hydrogen (secondary N) is 2. The zero-order chi connectivity index (χ0) is 20.9. The molecule has 0 unspecified atom stereocenters. The SMILES string of the molecule is CCc1ccc2oc(-c3ccc(NC(=S)NC(=O)C=Cc4ccco4)cc3)nc2c1. The molecule has 7 heteroatoms. The maximum Gasteiger partial charge on any atom is 0.250 e. The van der Waals surface area contributed by atoms with Gasteiger partial charge in [0.05, 0.1) is 6.26 Å². The van der Waals surface area contributed by atoms with Gasteiger partial charge < -0.3 is 14.2 Å². The van der Waals surface area contributed by atoms with Crippen molar-refractivity contribution in [3.05, 3.63) is 78.3 Å². The lowest BCUT2D eigenvalue weighted by Gasteiger charge is -2.08. The van der Waals surface area contributed by atoms with Gasteiger partial charge in [-0.3, -0.25) is 10.1 Å². The number of furan rings is 1. The van der Waals surface area contributed by atoms with E-state index in [1.807, 2.05) is 42.5 Å². The molecule has 6 nitrogen and oxygen atoms in total. The lowest BCUT2D eigenvalue weighted by Crippen LogP contribution is -2.32. The molecule has 150 valence electrons. The van der Waals surface area contributed by atoms with Crippen LogP contribution in [0.25, 0.3) is 28.6 Å². The minimum Gasteiger partial charge on any atom is -0.465 e. The van der Waals surface area contributed by atoms with Crippen LogP contribution in [0.4, 0.5) is 5.69 Å². The summed E-state index contributed by atoms with van der Waals surface area (Å²) in [4.78, 5) is 16.5. The van der Waals surface area contributed by atoms with Crippen molar-refractivity contribution >= 4 is 46.1 Å². The van der Waals surface area contributed by atoms with Gasteiger partial charge in [-0.2, -0.15) is 0 Å². The summed E-state index contributed by atoms with van der Waals surface area (Å²) < 4.78 is 11.0. The Morgan fingerprint density at radius 3 is 2.73 bits per heavy atom. The number of rotatable bonds is 5. The number of carbonyl (C=O) groups excluding carboxylic acids is 1. The Morgan fingerprint density at radius 1 is 1.17 bits per heavy atom. The number of benzene rings is 2. The van der Waals surface area contributed by atoms with Crippen LogP contribution in [-0.2, 0) is 11.2 Å². The molecule has 4 aromatic rings. The average Bonchev–Trinajstić information content (AvgIpc) is 3.41. The van der Waals surface area contributed by atoms with Crippen LogP contribution in [0.2, 0.25) is 0 Å². The maximum absolute atomic E-state index is 11.9. The summed E-state index contributed by atoms with van der Waals surface area (Å²) in [5.74, 6) is 0.798. The molecule has 0 aliphatic heterocycles. The lowest BCUT2D eigenvalue weighted by molar-refractivity contribution is -0.115. The van der Waals surface area contributed by atoms with Gasteiger partial charge in [-0.15, -0.1) is 0 Å². The molecule has 0 saturated heterocycles. The van der Waals surface area contributed by atoms with Crippen molar-refractivity contribution in [2.75, 3.05) is 5.32 Å². The quantitative estimate of drug-likeness (QED) is 0.344. The topological polar surface area (TPSA) is 80.3 Å². The first kappa shape index (κ1) is 19.6. The van der Waals surface area contributed by atoms with E-state index >= 15 is 0 Å². The van der Waals surface area contributed by atoms with Crippen LogP contribution >= 0.6 is 12.2 Å². The van der Waals surface area contributed by atoms with E-state index < -0.39 is 0 Å². The summed E-state index contributed by atoms with van der Waals surface area (Å²) in [6.45, 7) is 2.11. The van der Waals surface area contributed by atoms with Gasteiger partial charge in [0.1, 0.15) is 11.3 Å². The summed E-state index contributed by atoms with van der Waals surface area (Å²) in [7, 11) is 0. The molecule has 2 aromatic heterocycles. The zero-order valence-corrected chi connectivity index (χ0v) is 17.0. The van der Waals surface area contributed by atoms with Crippen LogP contribution in [0.5, 0.6) is 0 Å². The van der Waals surface area contributed by atoms with E-state index in [2.05, 4.69) is 22.5 Å². The molecule has 1 amide bonds. The highest BCUT2D eigenvalue weighted by Crippen LogP contribution is 2.26. The van der Waals surface area contributed by atoms with Gasteiger partial charge in [0.2, 0.25) is 11.8 Å². The average molecular weight is 417 g/mol. The van der Waals surface area contributed by atoms with E-state index in [1.54, 1.807) is 18.2 Å². The molecule has 30 heavy (non-hydrogen) atoms. The third-order valence-corrected chi connectivity index (χ3v) is 4.63. The largest absolute Gasteiger partial charge is 0.465 e. The molecular formula is C23H19N3O3S. The Kier molecular flexibility index (Phi) is 5.72. The van der Waals surface area contributed by atoms with Crippen LogP contribution in [-0.4, -0.2) is 16.0 Å². The van der Waals surface area contributed by atoms with Crippen LogP contribution in [0.15, 0.2) is 75.8 Å². The van der Waals surface area contributed by atoms with Gasteiger partial charge >= 0.3 is 0 Å². The second-order valence-corrected chi connectivity index (χ2v) is 6.95. The van der Waals surface area contributed by atoms with Crippen LogP contribution in [0.3, 0.4) is 0 Å². The van der Waals surface area contributed by atoms with E-state index in [1.165, 1.54) is 17.9 Å². The van der Waals surface area contributed by atoms with E-state index in [0.29, 0.717) is 11.7 Å². The van der Waals surface area contributed by atoms with Gasteiger partial charge in [0, 0.05) is 17.3 Å². The Hall–Kier alpha value is -3.71. The summed E-state index contributed by atoms with van der Waals surface area (Å²) in [6.07, 6.45) is 5.41. The first-order chi connectivity index (χ1) is 14.6.